The average molecular weight is 314 g/mol. The second-order valence-electron chi connectivity index (χ2n) is 8.92. The van der Waals surface area contributed by atoms with E-state index in [1.807, 2.05) is 0 Å². The Balaban J connectivity index is 1.80. The minimum atomic E-state index is -0.0415. The Morgan fingerprint density at radius 3 is 2.83 bits per heavy atom. The van der Waals surface area contributed by atoms with Crippen LogP contribution in [-0.2, 0) is 11.8 Å². The maximum atomic E-state index is 10.6. The fourth-order valence-electron chi connectivity index (χ4n) is 5.48. The van der Waals surface area contributed by atoms with E-state index in [2.05, 4.69) is 43.5 Å². The third kappa shape index (κ3) is 2.44. The minimum absolute atomic E-state index is 0.0415. The monoisotopic (exact) mass is 314 g/mol. The lowest BCUT2D eigenvalue weighted by Gasteiger charge is -2.56. The molecule has 1 aromatic carbocycles. The van der Waals surface area contributed by atoms with Crippen molar-refractivity contribution in [3.8, 4) is 5.75 Å². The van der Waals surface area contributed by atoms with Crippen molar-refractivity contribution in [2.75, 3.05) is 11.9 Å². The number of anilines is 1. The summed E-state index contributed by atoms with van der Waals surface area (Å²) in [5.41, 5.74) is 4.07. The largest absolute Gasteiger partial charge is 0.506 e. The highest BCUT2D eigenvalue weighted by atomic mass is 16.3. The molecular formula is C20H30N2O. The van der Waals surface area contributed by atoms with Gasteiger partial charge in [-0.05, 0) is 82.2 Å². The number of phenolic OH excluding ortho intramolecular Hbond substituents is 1. The molecule has 3 N–H and O–H groups in total. The molecule has 1 saturated carbocycles. The van der Waals surface area contributed by atoms with E-state index in [1.165, 1.54) is 43.2 Å². The van der Waals surface area contributed by atoms with Crippen LogP contribution in [-0.4, -0.2) is 23.2 Å². The van der Waals surface area contributed by atoms with Gasteiger partial charge in [-0.1, -0.05) is 12.8 Å². The molecule has 3 atom stereocenters. The third-order valence-corrected chi connectivity index (χ3v) is 6.27. The third-order valence-electron chi connectivity index (χ3n) is 6.27. The molecule has 1 saturated heterocycles. The highest BCUT2D eigenvalue weighted by Crippen LogP contribution is 2.55. The molecule has 3 nitrogen and oxygen atoms in total. The molecule has 0 spiro atoms. The molecule has 1 heterocycles. The molecule has 0 amide bonds. The summed E-state index contributed by atoms with van der Waals surface area (Å²) in [7, 11) is 0. The molecule has 126 valence electrons. The normalized spacial score (nSPS) is 32.8. The first-order valence-corrected chi connectivity index (χ1v) is 9.27. The highest BCUT2D eigenvalue weighted by Gasteiger charge is 2.51. The second-order valence-corrected chi connectivity index (χ2v) is 8.92. The molecule has 0 aromatic heterocycles. The predicted molar refractivity (Wildman–Crippen MR) is 95.2 cm³/mol. The zero-order chi connectivity index (χ0) is 16.2. The van der Waals surface area contributed by atoms with Crippen LogP contribution in [0.2, 0.25) is 0 Å². The van der Waals surface area contributed by atoms with E-state index in [-0.39, 0.29) is 5.54 Å². The molecule has 2 fully saturated rings. The Hall–Kier alpha value is -1.22. The number of nitrogens with one attached hydrogen (secondary N) is 2. The summed E-state index contributed by atoms with van der Waals surface area (Å²) < 4.78 is 0. The quantitative estimate of drug-likeness (QED) is 0.688. The SMILES string of the molecule is CC(C)(C)Nc1cc2c(cc1O)[C@@]13CCCC[C@H]1[C@@H](C2)NCC3. The number of benzene rings is 1. The molecule has 0 radical (unpaired) electrons. The van der Waals surface area contributed by atoms with Gasteiger partial charge in [0.2, 0.25) is 0 Å². The molecule has 3 heteroatoms. The van der Waals surface area contributed by atoms with Gasteiger partial charge < -0.3 is 15.7 Å². The Kier molecular flexibility index (Phi) is 3.42. The van der Waals surface area contributed by atoms with E-state index < -0.39 is 0 Å². The smallest absolute Gasteiger partial charge is 0.138 e. The van der Waals surface area contributed by atoms with Crippen LogP contribution in [0.25, 0.3) is 0 Å². The van der Waals surface area contributed by atoms with Crippen LogP contribution in [0.5, 0.6) is 5.75 Å². The van der Waals surface area contributed by atoms with Crippen molar-refractivity contribution in [1.82, 2.24) is 5.32 Å². The number of hydrogen-bond acceptors (Lipinski definition) is 3. The lowest BCUT2D eigenvalue weighted by molar-refractivity contribution is 0.0796. The molecule has 1 aliphatic heterocycles. The van der Waals surface area contributed by atoms with Crippen molar-refractivity contribution in [3.63, 3.8) is 0 Å². The number of hydrogen-bond donors (Lipinski definition) is 3. The standard InChI is InChI=1S/C20H30N2O/c1-19(2,3)22-17-11-13-10-16-14-6-4-5-7-20(14,8-9-21-16)15(13)12-18(17)23/h11-12,14,16,21-23H,4-10H2,1-3H3/t14-,16+,20+/m0/s1. The van der Waals surface area contributed by atoms with Gasteiger partial charge in [0.25, 0.3) is 0 Å². The minimum Gasteiger partial charge on any atom is -0.506 e. The topological polar surface area (TPSA) is 44.3 Å². The van der Waals surface area contributed by atoms with E-state index in [9.17, 15) is 5.11 Å². The fraction of sp³-hybridized carbons (Fsp3) is 0.700. The zero-order valence-electron chi connectivity index (χ0n) is 14.7. The van der Waals surface area contributed by atoms with Crippen molar-refractivity contribution in [2.45, 2.75) is 76.3 Å². The van der Waals surface area contributed by atoms with Gasteiger partial charge in [-0.25, -0.2) is 0 Å². The Bertz CT molecular complexity index is 615. The maximum Gasteiger partial charge on any atom is 0.138 e. The first-order valence-electron chi connectivity index (χ1n) is 9.27. The first kappa shape index (κ1) is 15.3. The Morgan fingerprint density at radius 2 is 2.04 bits per heavy atom. The van der Waals surface area contributed by atoms with Gasteiger partial charge in [0, 0.05) is 17.0 Å². The highest BCUT2D eigenvalue weighted by molar-refractivity contribution is 5.63. The number of phenols is 1. The van der Waals surface area contributed by atoms with E-state index in [4.69, 9.17) is 0 Å². The van der Waals surface area contributed by atoms with Gasteiger partial charge in [0.1, 0.15) is 5.75 Å². The van der Waals surface area contributed by atoms with Gasteiger partial charge in [-0.15, -0.1) is 0 Å². The summed E-state index contributed by atoms with van der Waals surface area (Å²) in [6.07, 6.45) is 7.70. The van der Waals surface area contributed by atoms with E-state index >= 15 is 0 Å². The van der Waals surface area contributed by atoms with E-state index in [0.717, 1.165) is 24.6 Å². The van der Waals surface area contributed by atoms with Gasteiger partial charge in [0.15, 0.2) is 0 Å². The molecule has 2 bridgehead atoms. The van der Waals surface area contributed by atoms with Crippen molar-refractivity contribution in [3.05, 3.63) is 23.3 Å². The number of aromatic hydroxyl groups is 1. The summed E-state index contributed by atoms with van der Waals surface area (Å²) in [6, 6.07) is 4.95. The van der Waals surface area contributed by atoms with Crippen LogP contribution in [0.3, 0.4) is 0 Å². The molecule has 4 rings (SSSR count). The number of piperidine rings is 1. The summed E-state index contributed by atoms with van der Waals surface area (Å²) in [6.45, 7) is 7.54. The van der Waals surface area contributed by atoms with Crippen LogP contribution < -0.4 is 10.6 Å². The lowest BCUT2D eigenvalue weighted by Crippen LogP contribution is -2.59. The Morgan fingerprint density at radius 1 is 1.22 bits per heavy atom. The van der Waals surface area contributed by atoms with Crippen LogP contribution in [0.1, 0.15) is 64.0 Å². The maximum absolute atomic E-state index is 10.6. The predicted octanol–water partition coefficient (Wildman–Crippen LogP) is 3.95. The van der Waals surface area contributed by atoms with Crippen molar-refractivity contribution in [1.29, 1.82) is 0 Å². The zero-order valence-corrected chi connectivity index (χ0v) is 14.7. The van der Waals surface area contributed by atoms with Gasteiger partial charge >= 0.3 is 0 Å². The van der Waals surface area contributed by atoms with Gasteiger partial charge in [-0.2, -0.15) is 0 Å². The fourth-order valence-corrected chi connectivity index (χ4v) is 5.48. The molecule has 0 unspecified atom stereocenters. The van der Waals surface area contributed by atoms with Crippen LogP contribution in [0, 0.1) is 5.92 Å². The Labute approximate surface area is 139 Å². The average Bonchev–Trinajstić information content (AvgIpc) is 2.48. The van der Waals surface area contributed by atoms with Crippen LogP contribution >= 0.6 is 0 Å². The second kappa shape index (κ2) is 5.14. The summed E-state index contributed by atoms with van der Waals surface area (Å²) >= 11 is 0. The number of fused-ring (bicyclic) bond motifs is 1. The van der Waals surface area contributed by atoms with E-state index in [1.54, 1.807) is 0 Å². The van der Waals surface area contributed by atoms with Crippen LogP contribution in [0.4, 0.5) is 5.69 Å². The lowest BCUT2D eigenvalue weighted by atomic mass is 9.53. The first-order chi connectivity index (χ1) is 10.9. The van der Waals surface area contributed by atoms with Crippen molar-refractivity contribution in [2.24, 2.45) is 5.92 Å². The summed E-state index contributed by atoms with van der Waals surface area (Å²) in [4.78, 5) is 0. The molecule has 2 aliphatic carbocycles. The summed E-state index contributed by atoms with van der Waals surface area (Å²) in [5.74, 6) is 1.19. The van der Waals surface area contributed by atoms with Crippen molar-refractivity contribution < 1.29 is 5.11 Å². The molecule has 3 aliphatic rings. The number of rotatable bonds is 1. The molecule has 1 aromatic rings. The van der Waals surface area contributed by atoms with E-state index in [0.29, 0.717) is 17.2 Å². The van der Waals surface area contributed by atoms with Gasteiger partial charge in [-0.3, -0.25) is 0 Å². The molecule has 23 heavy (non-hydrogen) atoms. The van der Waals surface area contributed by atoms with Gasteiger partial charge in [0.05, 0.1) is 5.69 Å². The molecular weight excluding hydrogens is 284 g/mol. The summed E-state index contributed by atoms with van der Waals surface area (Å²) in [5, 5.41) is 17.9. The van der Waals surface area contributed by atoms with Crippen molar-refractivity contribution >= 4 is 5.69 Å². The van der Waals surface area contributed by atoms with Crippen LogP contribution in [0.15, 0.2) is 12.1 Å².